The van der Waals surface area contributed by atoms with Gasteiger partial charge in [-0.2, -0.15) is 0 Å². The number of rotatable bonds is 4. The Labute approximate surface area is 121 Å². The number of amides is 1. The Morgan fingerprint density at radius 2 is 2.20 bits per heavy atom. The fourth-order valence-corrected chi connectivity index (χ4v) is 2.47. The number of aliphatic hydroxyl groups is 1. The topological polar surface area (TPSA) is 62.2 Å². The maximum atomic E-state index is 12.3. The summed E-state index contributed by atoms with van der Waals surface area (Å²) >= 11 is 6.11. The number of carbonyl (C=O) groups is 1. The molecular formula is C15H15ClN2O2. The fourth-order valence-electron chi connectivity index (χ4n) is 2.25. The van der Waals surface area contributed by atoms with Crippen LogP contribution in [0.1, 0.15) is 23.2 Å². The molecule has 0 atom stereocenters. The molecule has 0 bridgehead atoms. The van der Waals surface area contributed by atoms with E-state index in [0.717, 1.165) is 18.2 Å². The summed E-state index contributed by atoms with van der Waals surface area (Å²) in [6, 6.07) is 7.03. The lowest BCUT2D eigenvalue weighted by Crippen LogP contribution is -2.32. The molecule has 0 unspecified atom stereocenters. The van der Waals surface area contributed by atoms with Gasteiger partial charge in [0.2, 0.25) is 0 Å². The second-order valence-corrected chi connectivity index (χ2v) is 5.74. The van der Waals surface area contributed by atoms with Crippen molar-refractivity contribution in [3.8, 4) is 0 Å². The first-order chi connectivity index (χ1) is 9.65. The van der Waals surface area contributed by atoms with Gasteiger partial charge in [-0.15, -0.1) is 0 Å². The molecule has 5 heteroatoms. The predicted octanol–water partition coefficient (Wildman–Crippen LogP) is 2.39. The van der Waals surface area contributed by atoms with Crippen LogP contribution in [0.2, 0.25) is 5.02 Å². The summed E-state index contributed by atoms with van der Waals surface area (Å²) in [6.07, 6.45) is 3.57. The lowest BCUT2D eigenvalue weighted by Gasteiger charge is -2.13. The number of halogens is 1. The number of hydrogen-bond donors (Lipinski definition) is 2. The van der Waals surface area contributed by atoms with E-state index in [9.17, 15) is 9.90 Å². The molecule has 1 amide bonds. The number of hydrogen-bond acceptors (Lipinski definition) is 3. The molecule has 3 rings (SSSR count). The van der Waals surface area contributed by atoms with Crippen LogP contribution in [0.5, 0.6) is 0 Å². The van der Waals surface area contributed by atoms with Crippen molar-refractivity contribution in [1.29, 1.82) is 0 Å². The van der Waals surface area contributed by atoms with Gasteiger partial charge in [-0.1, -0.05) is 11.6 Å². The lowest BCUT2D eigenvalue weighted by molar-refractivity contribution is 0.0936. The molecule has 0 saturated heterocycles. The first kappa shape index (κ1) is 13.3. The second kappa shape index (κ2) is 5.04. The molecule has 1 saturated carbocycles. The minimum atomic E-state index is -0.176. The molecule has 20 heavy (non-hydrogen) atoms. The highest BCUT2D eigenvalue weighted by atomic mass is 35.5. The summed E-state index contributed by atoms with van der Waals surface area (Å²) < 4.78 is 0. The molecule has 4 nitrogen and oxygen atoms in total. The van der Waals surface area contributed by atoms with Crippen LogP contribution in [0.25, 0.3) is 10.9 Å². The molecule has 0 aliphatic heterocycles. The number of carbonyl (C=O) groups excluding carboxylic acids is 1. The molecule has 1 heterocycles. The van der Waals surface area contributed by atoms with Crippen molar-refractivity contribution in [2.75, 3.05) is 13.2 Å². The van der Waals surface area contributed by atoms with Crippen LogP contribution < -0.4 is 5.32 Å². The van der Waals surface area contributed by atoms with E-state index in [1.165, 1.54) is 0 Å². The van der Waals surface area contributed by atoms with Crippen LogP contribution in [0.3, 0.4) is 0 Å². The number of benzene rings is 1. The third-order valence-electron chi connectivity index (χ3n) is 3.88. The molecule has 0 spiro atoms. The highest BCUT2D eigenvalue weighted by molar-refractivity contribution is 6.36. The number of nitrogens with zero attached hydrogens (tertiary/aromatic N) is 1. The van der Waals surface area contributed by atoms with Gasteiger partial charge in [0, 0.05) is 23.5 Å². The molecule has 1 fully saturated rings. The van der Waals surface area contributed by atoms with Gasteiger partial charge >= 0.3 is 0 Å². The Morgan fingerprint density at radius 1 is 1.40 bits per heavy atom. The van der Waals surface area contributed by atoms with Crippen molar-refractivity contribution in [2.45, 2.75) is 12.8 Å². The van der Waals surface area contributed by atoms with Crippen LogP contribution in [-0.4, -0.2) is 29.1 Å². The zero-order chi connectivity index (χ0) is 14.2. The van der Waals surface area contributed by atoms with E-state index in [2.05, 4.69) is 10.3 Å². The maximum absolute atomic E-state index is 12.3. The number of fused-ring (bicyclic) bond motifs is 1. The van der Waals surface area contributed by atoms with Crippen LogP contribution >= 0.6 is 11.6 Å². The SMILES string of the molecule is O=C(NCC1(CO)CC1)c1ccc(Cl)c2cccnc12. The van der Waals surface area contributed by atoms with Gasteiger partial charge in [-0.05, 0) is 37.1 Å². The highest BCUT2D eigenvalue weighted by Gasteiger charge is 2.42. The van der Waals surface area contributed by atoms with Crippen molar-refractivity contribution in [2.24, 2.45) is 5.41 Å². The van der Waals surface area contributed by atoms with Crippen molar-refractivity contribution < 1.29 is 9.90 Å². The number of pyridine rings is 1. The molecule has 1 aliphatic rings. The van der Waals surface area contributed by atoms with Gasteiger partial charge in [-0.3, -0.25) is 9.78 Å². The standard InChI is InChI=1S/C15H15ClN2O2/c16-12-4-3-11(13-10(12)2-1-7-17-13)14(20)18-8-15(9-19)5-6-15/h1-4,7,19H,5-6,8-9H2,(H,18,20). The third kappa shape index (κ3) is 2.37. The quantitative estimate of drug-likeness (QED) is 0.909. The summed E-state index contributed by atoms with van der Waals surface area (Å²) in [5, 5.41) is 13.5. The number of nitrogens with one attached hydrogen (secondary N) is 1. The van der Waals surface area contributed by atoms with E-state index in [0.29, 0.717) is 22.6 Å². The minimum absolute atomic E-state index is 0.106. The van der Waals surface area contributed by atoms with E-state index in [4.69, 9.17) is 11.6 Å². The molecule has 2 N–H and O–H groups in total. The van der Waals surface area contributed by atoms with Crippen molar-refractivity contribution in [3.05, 3.63) is 41.0 Å². The largest absolute Gasteiger partial charge is 0.396 e. The Bertz CT molecular complexity index is 668. The summed E-state index contributed by atoms with van der Waals surface area (Å²) in [4.78, 5) is 16.5. The Balaban J connectivity index is 1.86. The Morgan fingerprint density at radius 3 is 2.90 bits per heavy atom. The van der Waals surface area contributed by atoms with E-state index >= 15 is 0 Å². The van der Waals surface area contributed by atoms with Gasteiger partial charge in [0.1, 0.15) is 0 Å². The van der Waals surface area contributed by atoms with Gasteiger partial charge in [-0.25, -0.2) is 0 Å². The van der Waals surface area contributed by atoms with Crippen molar-refractivity contribution in [3.63, 3.8) is 0 Å². The lowest BCUT2D eigenvalue weighted by atomic mass is 10.1. The molecule has 1 aliphatic carbocycles. The zero-order valence-electron chi connectivity index (χ0n) is 10.9. The monoisotopic (exact) mass is 290 g/mol. The minimum Gasteiger partial charge on any atom is -0.396 e. The normalized spacial score (nSPS) is 16.1. The van der Waals surface area contributed by atoms with Crippen LogP contribution in [0.4, 0.5) is 0 Å². The number of aromatic nitrogens is 1. The Kier molecular flexibility index (Phi) is 3.36. The van der Waals surface area contributed by atoms with Gasteiger partial charge in [0.15, 0.2) is 0 Å². The Hall–Kier alpha value is -1.65. The molecule has 0 radical (unpaired) electrons. The molecule has 2 aromatic rings. The smallest absolute Gasteiger partial charge is 0.253 e. The highest BCUT2D eigenvalue weighted by Crippen LogP contribution is 2.44. The second-order valence-electron chi connectivity index (χ2n) is 5.34. The van der Waals surface area contributed by atoms with Crippen LogP contribution in [0, 0.1) is 5.41 Å². The predicted molar refractivity (Wildman–Crippen MR) is 77.8 cm³/mol. The van der Waals surface area contributed by atoms with E-state index in [-0.39, 0.29) is 17.9 Å². The number of aliphatic hydroxyl groups excluding tert-OH is 1. The summed E-state index contributed by atoms with van der Waals surface area (Å²) in [5.74, 6) is -0.176. The molecule has 1 aromatic carbocycles. The van der Waals surface area contributed by atoms with E-state index in [1.807, 2.05) is 6.07 Å². The zero-order valence-corrected chi connectivity index (χ0v) is 11.7. The molecule has 1 aromatic heterocycles. The molecular weight excluding hydrogens is 276 g/mol. The van der Waals surface area contributed by atoms with Gasteiger partial charge < -0.3 is 10.4 Å². The van der Waals surface area contributed by atoms with Crippen LogP contribution in [-0.2, 0) is 0 Å². The average molecular weight is 291 g/mol. The van der Waals surface area contributed by atoms with Crippen LogP contribution in [0.15, 0.2) is 30.5 Å². The third-order valence-corrected chi connectivity index (χ3v) is 4.21. The summed E-state index contributed by atoms with van der Waals surface area (Å²) in [5.41, 5.74) is 1.01. The summed E-state index contributed by atoms with van der Waals surface area (Å²) in [6.45, 7) is 0.617. The maximum Gasteiger partial charge on any atom is 0.253 e. The van der Waals surface area contributed by atoms with Crippen molar-refractivity contribution in [1.82, 2.24) is 10.3 Å². The summed E-state index contributed by atoms with van der Waals surface area (Å²) in [7, 11) is 0. The van der Waals surface area contributed by atoms with E-state index < -0.39 is 0 Å². The van der Waals surface area contributed by atoms with Gasteiger partial charge in [0.05, 0.1) is 22.7 Å². The van der Waals surface area contributed by atoms with E-state index in [1.54, 1.807) is 24.4 Å². The van der Waals surface area contributed by atoms with Gasteiger partial charge in [0.25, 0.3) is 5.91 Å². The van der Waals surface area contributed by atoms with Crippen molar-refractivity contribution >= 4 is 28.4 Å². The first-order valence-corrected chi connectivity index (χ1v) is 6.95. The first-order valence-electron chi connectivity index (χ1n) is 6.57. The molecule has 104 valence electrons. The fraction of sp³-hybridized carbons (Fsp3) is 0.333. The average Bonchev–Trinajstić information content (AvgIpc) is 3.26.